The highest BCUT2D eigenvalue weighted by atomic mass is 16.1. The standard InChI is InChI=1S/C19H22N2O/c1-15-5-9-17(10-6-15)20-19(22)16-7-11-18(12-8-16)21-13-3-2-4-14-21/h5-12H,2-4,13-14H2,1H3,(H,20,22). The van der Waals surface area contributed by atoms with E-state index in [2.05, 4.69) is 22.3 Å². The summed E-state index contributed by atoms with van der Waals surface area (Å²) >= 11 is 0. The van der Waals surface area contributed by atoms with Crippen molar-refractivity contribution in [2.45, 2.75) is 26.2 Å². The first kappa shape index (κ1) is 14.6. The highest BCUT2D eigenvalue weighted by Gasteiger charge is 2.12. The molecule has 2 aromatic carbocycles. The van der Waals surface area contributed by atoms with Crippen molar-refractivity contribution < 1.29 is 4.79 Å². The van der Waals surface area contributed by atoms with Crippen molar-refractivity contribution in [3.05, 3.63) is 59.7 Å². The second-order valence-electron chi connectivity index (χ2n) is 5.91. The molecule has 0 atom stereocenters. The van der Waals surface area contributed by atoms with Crippen LogP contribution in [-0.2, 0) is 0 Å². The largest absolute Gasteiger partial charge is 0.372 e. The molecule has 3 rings (SSSR count). The maximum absolute atomic E-state index is 12.3. The monoisotopic (exact) mass is 294 g/mol. The van der Waals surface area contributed by atoms with E-state index in [0.29, 0.717) is 5.56 Å². The van der Waals surface area contributed by atoms with E-state index in [1.807, 2.05) is 43.3 Å². The van der Waals surface area contributed by atoms with Crippen LogP contribution in [-0.4, -0.2) is 19.0 Å². The molecule has 0 spiro atoms. The van der Waals surface area contributed by atoms with Crippen LogP contribution in [0.15, 0.2) is 48.5 Å². The van der Waals surface area contributed by atoms with E-state index in [4.69, 9.17) is 0 Å². The van der Waals surface area contributed by atoms with Crippen molar-refractivity contribution in [1.82, 2.24) is 0 Å². The van der Waals surface area contributed by atoms with Crippen LogP contribution in [0.25, 0.3) is 0 Å². The van der Waals surface area contributed by atoms with Gasteiger partial charge in [0.05, 0.1) is 0 Å². The molecule has 22 heavy (non-hydrogen) atoms. The van der Waals surface area contributed by atoms with E-state index in [-0.39, 0.29) is 5.91 Å². The quantitative estimate of drug-likeness (QED) is 0.918. The molecule has 2 aromatic rings. The summed E-state index contributed by atoms with van der Waals surface area (Å²) in [6.07, 6.45) is 3.85. The van der Waals surface area contributed by atoms with Crippen LogP contribution in [0.4, 0.5) is 11.4 Å². The van der Waals surface area contributed by atoms with E-state index in [1.165, 1.54) is 30.5 Å². The van der Waals surface area contributed by atoms with Crippen molar-refractivity contribution in [3.63, 3.8) is 0 Å². The van der Waals surface area contributed by atoms with Crippen molar-refractivity contribution in [3.8, 4) is 0 Å². The van der Waals surface area contributed by atoms with Gasteiger partial charge >= 0.3 is 0 Å². The molecule has 3 heteroatoms. The Hall–Kier alpha value is -2.29. The van der Waals surface area contributed by atoms with Gasteiger partial charge in [-0.3, -0.25) is 4.79 Å². The third kappa shape index (κ3) is 3.48. The van der Waals surface area contributed by atoms with Gasteiger partial charge in [0.2, 0.25) is 0 Å². The zero-order chi connectivity index (χ0) is 15.4. The van der Waals surface area contributed by atoms with Crippen molar-refractivity contribution >= 4 is 17.3 Å². The SMILES string of the molecule is Cc1ccc(NC(=O)c2ccc(N3CCCCC3)cc2)cc1. The molecule has 1 aliphatic rings. The first-order chi connectivity index (χ1) is 10.7. The number of anilines is 2. The average molecular weight is 294 g/mol. The molecule has 114 valence electrons. The molecular weight excluding hydrogens is 272 g/mol. The van der Waals surface area contributed by atoms with Crippen molar-refractivity contribution in [1.29, 1.82) is 0 Å². The Labute approximate surface area is 132 Å². The second kappa shape index (κ2) is 6.65. The van der Waals surface area contributed by atoms with Gasteiger partial charge in [0.15, 0.2) is 0 Å². The van der Waals surface area contributed by atoms with E-state index in [1.54, 1.807) is 0 Å². The molecule has 3 nitrogen and oxygen atoms in total. The number of carbonyl (C=O) groups is 1. The lowest BCUT2D eigenvalue weighted by Gasteiger charge is -2.28. The number of nitrogens with zero attached hydrogens (tertiary/aromatic N) is 1. The highest BCUT2D eigenvalue weighted by molar-refractivity contribution is 6.04. The predicted octanol–water partition coefficient (Wildman–Crippen LogP) is 4.24. The molecule has 0 saturated carbocycles. The number of hydrogen-bond acceptors (Lipinski definition) is 2. The molecule has 0 bridgehead atoms. The maximum Gasteiger partial charge on any atom is 0.255 e. The topological polar surface area (TPSA) is 32.3 Å². The number of benzene rings is 2. The van der Waals surface area contributed by atoms with Gasteiger partial charge < -0.3 is 10.2 Å². The molecule has 0 aliphatic carbocycles. The number of nitrogens with one attached hydrogen (secondary N) is 1. The minimum atomic E-state index is -0.0611. The molecule has 1 amide bonds. The van der Waals surface area contributed by atoms with Crippen LogP contribution in [0.2, 0.25) is 0 Å². The van der Waals surface area contributed by atoms with E-state index < -0.39 is 0 Å². The lowest BCUT2D eigenvalue weighted by molar-refractivity contribution is 0.102. The molecule has 1 aliphatic heterocycles. The van der Waals surface area contributed by atoms with Crippen LogP contribution in [0, 0.1) is 6.92 Å². The van der Waals surface area contributed by atoms with Crippen LogP contribution in [0.3, 0.4) is 0 Å². The maximum atomic E-state index is 12.3. The molecular formula is C19H22N2O. The van der Waals surface area contributed by atoms with Crippen LogP contribution >= 0.6 is 0 Å². The molecule has 0 unspecified atom stereocenters. The zero-order valence-corrected chi connectivity index (χ0v) is 13.0. The number of amides is 1. The summed E-state index contributed by atoms with van der Waals surface area (Å²) in [6.45, 7) is 4.27. The summed E-state index contributed by atoms with van der Waals surface area (Å²) < 4.78 is 0. The number of rotatable bonds is 3. The van der Waals surface area contributed by atoms with Gasteiger partial charge in [0.1, 0.15) is 0 Å². The zero-order valence-electron chi connectivity index (χ0n) is 13.0. The third-order valence-electron chi connectivity index (χ3n) is 4.16. The Bertz CT molecular complexity index is 625. The Morgan fingerprint density at radius 3 is 2.18 bits per heavy atom. The summed E-state index contributed by atoms with van der Waals surface area (Å²) in [5, 5.41) is 2.93. The van der Waals surface area contributed by atoms with Gasteiger partial charge in [-0.25, -0.2) is 0 Å². The highest BCUT2D eigenvalue weighted by Crippen LogP contribution is 2.20. The van der Waals surface area contributed by atoms with E-state index in [9.17, 15) is 4.79 Å². The normalized spacial score (nSPS) is 14.7. The third-order valence-corrected chi connectivity index (χ3v) is 4.16. The molecule has 0 aromatic heterocycles. The van der Waals surface area contributed by atoms with Crippen LogP contribution in [0.1, 0.15) is 35.2 Å². The minimum absolute atomic E-state index is 0.0611. The Morgan fingerprint density at radius 1 is 0.909 bits per heavy atom. The smallest absolute Gasteiger partial charge is 0.255 e. The van der Waals surface area contributed by atoms with Crippen LogP contribution < -0.4 is 10.2 Å². The summed E-state index contributed by atoms with van der Waals surface area (Å²) in [5.41, 5.74) is 3.92. The van der Waals surface area contributed by atoms with Crippen LogP contribution in [0.5, 0.6) is 0 Å². The summed E-state index contributed by atoms with van der Waals surface area (Å²) in [7, 11) is 0. The molecule has 1 fully saturated rings. The van der Waals surface area contributed by atoms with Gasteiger partial charge in [0, 0.05) is 30.0 Å². The molecule has 0 radical (unpaired) electrons. The summed E-state index contributed by atoms with van der Waals surface area (Å²) in [5.74, 6) is -0.0611. The molecule has 1 heterocycles. The number of carbonyl (C=O) groups excluding carboxylic acids is 1. The van der Waals surface area contributed by atoms with Gasteiger partial charge in [-0.15, -0.1) is 0 Å². The fourth-order valence-corrected chi connectivity index (χ4v) is 2.82. The van der Waals surface area contributed by atoms with Gasteiger partial charge in [-0.1, -0.05) is 17.7 Å². The Morgan fingerprint density at radius 2 is 1.55 bits per heavy atom. The van der Waals surface area contributed by atoms with Crippen molar-refractivity contribution in [2.24, 2.45) is 0 Å². The number of hydrogen-bond donors (Lipinski definition) is 1. The summed E-state index contributed by atoms with van der Waals surface area (Å²) in [4.78, 5) is 14.7. The van der Waals surface area contributed by atoms with E-state index in [0.717, 1.165) is 18.8 Å². The lowest BCUT2D eigenvalue weighted by Crippen LogP contribution is -2.29. The second-order valence-corrected chi connectivity index (χ2v) is 5.91. The summed E-state index contributed by atoms with van der Waals surface area (Å²) in [6, 6.07) is 15.8. The number of piperidine rings is 1. The fraction of sp³-hybridized carbons (Fsp3) is 0.316. The Kier molecular flexibility index (Phi) is 4.42. The van der Waals surface area contributed by atoms with Gasteiger partial charge in [0.25, 0.3) is 5.91 Å². The van der Waals surface area contributed by atoms with Crippen molar-refractivity contribution in [2.75, 3.05) is 23.3 Å². The lowest BCUT2D eigenvalue weighted by atomic mass is 10.1. The molecule has 1 saturated heterocycles. The van der Waals surface area contributed by atoms with Gasteiger partial charge in [-0.05, 0) is 62.6 Å². The molecule has 1 N–H and O–H groups in total. The minimum Gasteiger partial charge on any atom is -0.372 e. The fourth-order valence-electron chi connectivity index (χ4n) is 2.82. The van der Waals surface area contributed by atoms with E-state index >= 15 is 0 Å². The van der Waals surface area contributed by atoms with Gasteiger partial charge in [-0.2, -0.15) is 0 Å². The first-order valence-corrected chi connectivity index (χ1v) is 7.95. The number of aryl methyl sites for hydroxylation is 1. The first-order valence-electron chi connectivity index (χ1n) is 7.95. The Balaban J connectivity index is 1.66. The average Bonchev–Trinajstić information content (AvgIpc) is 2.58. The predicted molar refractivity (Wildman–Crippen MR) is 91.6 cm³/mol.